The second-order valence-corrected chi connectivity index (χ2v) is 11.4. The molecule has 1 amide bonds. The van der Waals surface area contributed by atoms with E-state index in [-0.39, 0.29) is 35.5 Å². The second kappa shape index (κ2) is 13.3. The topological polar surface area (TPSA) is 123 Å². The van der Waals surface area contributed by atoms with E-state index in [9.17, 15) is 23.6 Å². The maximum Gasteiger partial charge on any atom is 0.337 e. The van der Waals surface area contributed by atoms with Gasteiger partial charge in [-0.05, 0) is 92.1 Å². The van der Waals surface area contributed by atoms with Crippen LogP contribution in [0.15, 0.2) is 89.7 Å². The molecule has 3 aromatic carbocycles. The average Bonchev–Trinajstić information content (AvgIpc) is 3.10. The van der Waals surface area contributed by atoms with Crippen molar-refractivity contribution < 1.29 is 23.5 Å². The first kappa shape index (κ1) is 31.3. The molecule has 0 bridgehead atoms. The number of piperidine rings is 1. The van der Waals surface area contributed by atoms with Crippen LogP contribution in [0.25, 0.3) is 16.7 Å². The fraction of sp³-hybridized carbons (Fsp3) is 0.222. The van der Waals surface area contributed by atoms with Crippen molar-refractivity contribution in [2.45, 2.75) is 26.3 Å². The third kappa shape index (κ3) is 6.64. The Balaban J connectivity index is 1.18. The highest BCUT2D eigenvalue weighted by molar-refractivity contribution is 5.98. The highest BCUT2D eigenvalue weighted by atomic mass is 19.1. The lowest BCUT2D eigenvalue weighted by Gasteiger charge is -2.31. The summed E-state index contributed by atoms with van der Waals surface area (Å²) >= 11 is 0. The molecule has 0 radical (unpaired) electrons. The maximum absolute atomic E-state index is 13.3. The maximum atomic E-state index is 13.3. The number of aryl methyl sites for hydroxylation is 1. The summed E-state index contributed by atoms with van der Waals surface area (Å²) in [4.78, 5) is 62.2. The molecule has 6 rings (SSSR count). The second-order valence-electron chi connectivity index (χ2n) is 11.4. The van der Waals surface area contributed by atoms with E-state index in [1.807, 2.05) is 11.8 Å². The number of rotatable bonds is 8. The zero-order valence-electron chi connectivity index (χ0n) is 25.9. The van der Waals surface area contributed by atoms with E-state index in [0.29, 0.717) is 65.6 Å². The van der Waals surface area contributed by atoms with Crippen LogP contribution in [-0.2, 0) is 11.3 Å². The van der Waals surface area contributed by atoms with Gasteiger partial charge in [-0.25, -0.2) is 14.2 Å². The first-order valence-electron chi connectivity index (χ1n) is 15.2. The van der Waals surface area contributed by atoms with Crippen LogP contribution in [0.1, 0.15) is 55.2 Å². The lowest BCUT2D eigenvalue weighted by molar-refractivity contribution is 0.0600. The summed E-state index contributed by atoms with van der Waals surface area (Å²) in [5.41, 5.74) is 3.57. The number of aromatic nitrogens is 3. The Bertz CT molecular complexity index is 2020. The standard InChI is InChI=1S/C36H32FN5O5/c1-22-30-15-16-31(43)42(29-13-9-26(10-14-29)34(45)38-21-23-3-5-27(6-4-23)35(46)47-2)33(30)40-36(39-22)41-19-17-25(18-20-41)32(44)24-7-11-28(37)12-8-24/h3-16,25H,17-21H2,1-2H3,(H,38,45). The highest BCUT2D eigenvalue weighted by Gasteiger charge is 2.27. The molecule has 1 saturated heterocycles. The number of pyridine rings is 1. The highest BCUT2D eigenvalue weighted by Crippen LogP contribution is 2.27. The van der Waals surface area contributed by atoms with Crippen molar-refractivity contribution >= 4 is 34.6 Å². The van der Waals surface area contributed by atoms with E-state index in [4.69, 9.17) is 14.7 Å². The Labute approximate surface area is 269 Å². The predicted octanol–water partition coefficient (Wildman–Crippen LogP) is 5.04. The average molecular weight is 634 g/mol. The minimum atomic E-state index is -0.430. The van der Waals surface area contributed by atoms with E-state index in [2.05, 4.69) is 5.32 Å². The molecule has 1 fully saturated rings. The van der Waals surface area contributed by atoms with E-state index in [0.717, 1.165) is 10.9 Å². The Morgan fingerprint density at radius 1 is 0.851 bits per heavy atom. The number of benzene rings is 3. The van der Waals surface area contributed by atoms with Crippen LogP contribution < -0.4 is 15.8 Å². The van der Waals surface area contributed by atoms with Crippen molar-refractivity contribution in [1.29, 1.82) is 0 Å². The van der Waals surface area contributed by atoms with E-state index >= 15 is 0 Å². The van der Waals surface area contributed by atoms with Gasteiger partial charge in [-0.3, -0.25) is 19.0 Å². The summed E-state index contributed by atoms with van der Waals surface area (Å²) in [5, 5.41) is 3.58. The molecule has 0 aliphatic carbocycles. The molecule has 1 N–H and O–H groups in total. The summed E-state index contributed by atoms with van der Waals surface area (Å²) in [7, 11) is 1.32. The summed E-state index contributed by atoms with van der Waals surface area (Å²) in [6.45, 7) is 3.24. The van der Waals surface area contributed by atoms with E-state index in [1.54, 1.807) is 54.6 Å². The summed E-state index contributed by atoms with van der Waals surface area (Å²) < 4.78 is 19.5. The molecule has 0 saturated carbocycles. The number of carbonyl (C=O) groups excluding carboxylic acids is 3. The van der Waals surface area contributed by atoms with Gasteiger partial charge >= 0.3 is 5.97 Å². The lowest BCUT2D eigenvalue weighted by atomic mass is 9.89. The molecule has 1 aliphatic heterocycles. The Morgan fingerprint density at radius 2 is 1.49 bits per heavy atom. The van der Waals surface area contributed by atoms with Crippen molar-refractivity contribution in [3.63, 3.8) is 0 Å². The number of Topliss-reactive ketones (excluding diaryl/α,β-unsaturated/α-hetero) is 1. The van der Waals surface area contributed by atoms with Gasteiger partial charge in [-0.1, -0.05) is 12.1 Å². The third-order valence-electron chi connectivity index (χ3n) is 8.42. The van der Waals surface area contributed by atoms with Gasteiger partial charge in [-0.15, -0.1) is 0 Å². The number of ether oxygens (including phenoxy) is 1. The fourth-order valence-corrected chi connectivity index (χ4v) is 5.76. The molecule has 0 unspecified atom stereocenters. The summed E-state index contributed by atoms with van der Waals surface area (Å²) in [6.07, 6.45) is 1.20. The monoisotopic (exact) mass is 633 g/mol. The molecule has 238 valence electrons. The number of methoxy groups -OCH3 is 1. The van der Waals surface area contributed by atoms with E-state index < -0.39 is 5.97 Å². The van der Waals surface area contributed by atoms with Gasteiger partial charge in [0.2, 0.25) is 5.95 Å². The van der Waals surface area contributed by atoms with Gasteiger partial charge < -0.3 is 15.0 Å². The molecule has 3 heterocycles. The lowest BCUT2D eigenvalue weighted by Crippen LogP contribution is -2.37. The zero-order valence-corrected chi connectivity index (χ0v) is 25.9. The predicted molar refractivity (Wildman–Crippen MR) is 174 cm³/mol. The number of ketones is 1. The van der Waals surface area contributed by atoms with Gasteiger partial charge in [0.05, 0.1) is 24.1 Å². The van der Waals surface area contributed by atoms with Gasteiger partial charge in [0, 0.05) is 48.1 Å². The number of hydrogen-bond donors (Lipinski definition) is 1. The third-order valence-corrected chi connectivity index (χ3v) is 8.42. The molecule has 1 aliphatic rings. The largest absolute Gasteiger partial charge is 0.465 e. The van der Waals surface area contributed by atoms with Crippen LogP contribution in [0.5, 0.6) is 0 Å². The number of fused-ring (bicyclic) bond motifs is 1. The van der Waals surface area contributed by atoms with Crippen LogP contribution in [0.3, 0.4) is 0 Å². The molecule has 0 spiro atoms. The number of anilines is 1. The number of nitrogens with one attached hydrogen (secondary N) is 1. The molecule has 10 nitrogen and oxygen atoms in total. The Kier molecular flexibility index (Phi) is 8.88. The van der Waals surface area contributed by atoms with Gasteiger partial charge in [0.15, 0.2) is 11.4 Å². The minimum absolute atomic E-state index is 0.000482. The number of halogens is 1. The fourth-order valence-electron chi connectivity index (χ4n) is 5.76. The zero-order chi connectivity index (χ0) is 33.1. The van der Waals surface area contributed by atoms with Gasteiger partial charge in [0.1, 0.15) is 5.82 Å². The first-order chi connectivity index (χ1) is 22.7. The Morgan fingerprint density at radius 3 is 2.15 bits per heavy atom. The van der Waals surface area contributed by atoms with Crippen molar-refractivity contribution in [3.05, 3.63) is 129 Å². The Hall–Kier alpha value is -5.71. The minimum Gasteiger partial charge on any atom is -0.465 e. The number of hydrogen-bond acceptors (Lipinski definition) is 8. The van der Waals surface area contributed by atoms with E-state index in [1.165, 1.54) is 42.0 Å². The SMILES string of the molecule is COC(=O)c1ccc(CNC(=O)c2ccc(-n3c(=O)ccc4c(C)nc(N5CCC(C(=O)c6ccc(F)cc6)CC5)nc43)cc2)cc1. The first-order valence-corrected chi connectivity index (χ1v) is 15.2. The number of amides is 1. The molecule has 5 aromatic rings. The smallest absolute Gasteiger partial charge is 0.337 e. The van der Waals surface area contributed by atoms with Crippen molar-refractivity contribution in [3.8, 4) is 5.69 Å². The number of nitrogens with zero attached hydrogens (tertiary/aromatic N) is 4. The molecule has 47 heavy (non-hydrogen) atoms. The molecular formula is C36H32FN5O5. The van der Waals surface area contributed by atoms with Crippen molar-refractivity contribution in [2.24, 2.45) is 5.92 Å². The van der Waals surface area contributed by atoms with Gasteiger partial charge in [0.25, 0.3) is 11.5 Å². The summed E-state index contributed by atoms with van der Waals surface area (Å²) in [5.74, 6) is -0.808. The van der Waals surface area contributed by atoms with Crippen LogP contribution in [-0.4, -0.2) is 52.4 Å². The van der Waals surface area contributed by atoms with Crippen LogP contribution in [0.2, 0.25) is 0 Å². The van der Waals surface area contributed by atoms with Crippen LogP contribution >= 0.6 is 0 Å². The number of carbonyl (C=O) groups is 3. The molecule has 0 atom stereocenters. The van der Waals surface area contributed by atoms with Crippen LogP contribution in [0, 0.1) is 18.7 Å². The van der Waals surface area contributed by atoms with Crippen molar-refractivity contribution in [2.75, 3.05) is 25.1 Å². The molecular weight excluding hydrogens is 601 g/mol. The van der Waals surface area contributed by atoms with Gasteiger partial charge in [-0.2, -0.15) is 4.98 Å². The quantitative estimate of drug-likeness (QED) is 0.186. The van der Waals surface area contributed by atoms with Crippen LogP contribution in [0.4, 0.5) is 10.3 Å². The normalized spacial score (nSPS) is 13.4. The van der Waals surface area contributed by atoms with Crippen molar-refractivity contribution in [1.82, 2.24) is 19.9 Å². The number of esters is 1. The molecule has 11 heteroatoms. The summed E-state index contributed by atoms with van der Waals surface area (Å²) in [6, 6.07) is 22.3. The molecule has 2 aromatic heterocycles.